The number of aromatic amines is 1. The lowest BCUT2D eigenvalue weighted by molar-refractivity contribution is -0.118. The summed E-state index contributed by atoms with van der Waals surface area (Å²) in [6.07, 6.45) is 3.26. The molecule has 2 aliphatic rings. The number of nitrogens with zero attached hydrogens (tertiary/aromatic N) is 3. The number of rotatable bonds is 3. The number of hydrogen-bond acceptors (Lipinski definition) is 5. The van der Waals surface area contributed by atoms with Crippen LogP contribution in [0.1, 0.15) is 19.3 Å². The van der Waals surface area contributed by atoms with Crippen molar-refractivity contribution in [1.82, 2.24) is 25.9 Å². The molecule has 1 saturated heterocycles. The molecule has 1 aliphatic heterocycles. The SMILES string of the molecule is Cl.O=C(Nc1ccc(-c2nn[nH]n2)cc1)C1CC12CCNCC2. The summed E-state index contributed by atoms with van der Waals surface area (Å²) in [6.45, 7) is 2.06. The maximum Gasteiger partial charge on any atom is 0.228 e. The van der Waals surface area contributed by atoms with Gasteiger partial charge in [-0.2, -0.15) is 5.21 Å². The third-order valence-electron chi connectivity index (χ3n) is 4.86. The molecule has 23 heavy (non-hydrogen) atoms. The monoisotopic (exact) mass is 334 g/mol. The fourth-order valence-corrected chi connectivity index (χ4v) is 3.41. The molecule has 1 spiro atoms. The Kier molecular flexibility index (Phi) is 4.32. The summed E-state index contributed by atoms with van der Waals surface area (Å²) in [7, 11) is 0. The molecule has 122 valence electrons. The number of tetrazole rings is 1. The van der Waals surface area contributed by atoms with Crippen molar-refractivity contribution in [3.8, 4) is 11.4 Å². The molecule has 4 rings (SSSR count). The van der Waals surface area contributed by atoms with Gasteiger partial charge in [0.15, 0.2) is 0 Å². The fraction of sp³-hybridized carbons (Fsp3) is 0.467. The number of hydrogen-bond donors (Lipinski definition) is 3. The van der Waals surface area contributed by atoms with Crippen molar-refractivity contribution in [2.45, 2.75) is 19.3 Å². The topological polar surface area (TPSA) is 95.6 Å². The molecule has 1 unspecified atom stereocenters. The van der Waals surface area contributed by atoms with Crippen LogP contribution < -0.4 is 10.6 Å². The molecule has 2 fully saturated rings. The van der Waals surface area contributed by atoms with Gasteiger partial charge in [0, 0.05) is 17.2 Å². The second kappa shape index (κ2) is 6.25. The van der Waals surface area contributed by atoms with E-state index < -0.39 is 0 Å². The molecule has 1 aromatic carbocycles. The summed E-state index contributed by atoms with van der Waals surface area (Å²) in [6, 6.07) is 7.52. The van der Waals surface area contributed by atoms with Crippen molar-refractivity contribution in [2.24, 2.45) is 11.3 Å². The van der Waals surface area contributed by atoms with Gasteiger partial charge < -0.3 is 10.6 Å². The average Bonchev–Trinajstić information content (AvgIpc) is 3.00. The first-order chi connectivity index (χ1) is 10.8. The standard InChI is InChI=1S/C15H18N6O.ClH/c22-14(12-9-15(12)5-7-16-8-6-15)17-11-3-1-10(2-4-11)13-18-20-21-19-13;/h1-4,12,16H,5-9H2,(H,17,22)(H,18,19,20,21);1H. The third-order valence-corrected chi connectivity index (χ3v) is 4.86. The Labute approximate surface area is 140 Å². The van der Waals surface area contributed by atoms with Crippen LogP contribution in [-0.2, 0) is 4.79 Å². The van der Waals surface area contributed by atoms with Gasteiger partial charge in [-0.15, -0.1) is 22.6 Å². The zero-order valence-corrected chi connectivity index (χ0v) is 13.4. The molecule has 2 heterocycles. The van der Waals surface area contributed by atoms with Crippen LogP contribution >= 0.6 is 12.4 Å². The highest BCUT2D eigenvalue weighted by Gasteiger charge is 2.57. The van der Waals surface area contributed by atoms with Gasteiger partial charge in [-0.3, -0.25) is 4.79 Å². The first-order valence-electron chi connectivity index (χ1n) is 7.62. The van der Waals surface area contributed by atoms with E-state index in [1.807, 2.05) is 24.3 Å². The van der Waals surface area contributed by atoms with E-state index in [2.05, 4.69) is 31.3 Å². The predicted molar refractivity (Wildman–Crippen MR) is 88.1 cm³/mol. The maximum absolute atomic E-state index is 12.4. The zero-order chi connectivity index (χ0) is 15.0. The van der Waals surface area contributed by atoms with E-state index in [4.69, 9.17) is 0 Å². The molecular weight excluding hydrogens is 316 g/mol. The molecule has 1 atom stereocenters. The highest BCUT2D eigenvalue weighted by molar-refractivity contribution is 5.95. The van der Waals surface area contributed by atoms with Gasteiger partial charge in [0.1, 0.15) is 0 Å². The molecule has 1 saturated carbocycles. The number of piperidine rings is 1. The van der Waals surface area contributed by atoms with Gasteiger partial charge in [-0.05, 0) is 67.2 Å². The number of nitrogens with one attached hydrogen (secondary N) is 3. The van der Waals surface area contributed by atoms with Crippen LogP contribution in [0.5, 0.6) is 0 Å². The Morgan fingerprint density at radius 1 is 1.22 bits per heavy atom. The minimum absolute atomic E-state index is 0. The minimum Gasteiger partial charge on any atom is -0.326 e. The second-order valence-corrected chi connectivity index (χ2v) is 6.17. The number of amides is 1. The maximum atomic E-state index is 12.4. The largest absolute Gasteiger partial charge is 0.326 e. The fourth-order valence-electron chi connectivity index (χ4n) is 3.41. The highest BCUT2D eigenvalue weighted by Crippen LogP contribution is 2.58. The van der Waals surface area contributed by atoms with Gasteiger partial charge in [-0.1, -0.05) is 0 Å². The van der Waals surface area contributed by atoms with Crippen molar-refractivity contribution in [3.63, 3.8) is 0 Å². The number of aromatic nitrogens is 4. The Balaban J connectivity index is 0.00000156. The van der Waals surface area contributed by atoms with Crippen molar-refractivity contribution < 1.29 is 4.79 Å². The van der Waals surface area contributed by atoms with Crippen LogP contribution in [0.4, 0.5) is 5.69 Å². The normalized spacial score (nSPS) is 21.5. The summed E-state index contributed by atoms with van der Waals surface area (Å²) >= 11 is 0. The lowest BCUT2D eigenvalue weighted by Crippen LogP contribution is -2.31. The number of carbonyl (C=O) groups is 1. The van der Waals surface area contributed by atoms with Crippen LogP contribution in [0.25, 0.3) is 11.4 Å². The first kappa shape index (κ1) is 15.9. The van der Waals surface area contributed by atoms with Gasteiger partial charge in [-0.25, -0.2) is 0 Å². The smallest absolute Gasteiger partial charge is 0.228 e. The highest BCUT2D eigenvalue weighted by atomic mass is 35.5. The first-order valence-corrected chi connectivity index (χ1v) is 7.62. The van der Waals surface area contributed by atoms with Crippen LogP contribution in [-0.4, -0.2) is 39.6 Å². The van der Waals surface area contributed by atoms with Crippen molar-refractivity contribution >= 4 is 24.0 Å². The van der Waals surface area contributed by atoms with Crippen molar-refractivity contribution in [2.75, 3.05) is 18.4 Å². The van der Waals surface area contributed by atoms with Gasteiger partial charge >= 0.3 is 0 Å². The predicted octanol–water partition coefficient (Wildman–Crippen LogP) is 1.62. The molecule has 3 N–H and O–H groups in total. The Morgan fingerprint density at radius 2 is 1.96 bits per heavy atom. The molecule has 1 amide bonds. The summed E-state index contributed by atoms with van der Waals surface area (Å²) in [5.41, 5.74) is 1.95. The lowest BCUT2D eigenvalue weighted by atomic mass is 9.92. The Hall–Kier alpha value is -1.99. The summed E-state index contributed by atoms with van der Waals surface area (Å²) in [4.78, 5) is 12.4. The van der Waals surface area contributed by atoms with E-state index in [-0.39, 0.29) is 29.6 Å². The third kappa shape index (κ3) is 3.07. The van der Waals surface area contributed by atoms with Crippen LogP contribution in [0.15, 0.2) is 24.3 Å². The lowest BCUT2D eigenvalue weighted by Gasteiger charge is -2.23. The average molecular weight is 335 g/mol. The summed E-state index contributed by atoms with van der Waals surface area (Å²) < 4.78 is 0. The minimum atomic E-state index is 0. The van der Waals surface area contributed by atoms with E-state index >= 15 is 0 Å². The number of anilines is 1. The van der Waals surface area contributed by atoms with E-state index in [0.29, 0.717) is 5.82 Å². The molecule has 0 radical (unpaired) electrons. The Bertz CT molecular complexity index is 666. The molecule has 0 bridgehead atoms. The number of benzene rings is 1. The van der Waals surface area contributed by atoms with Crippen LogP contribution in [0.2, 0.25) is 0 Å². The molecular formula is C15H19ClN6O. The van der Waals surface area contributed by atoms with E-state index in [0.717, 1.165) is 43.6 Å². The van der Waals surface area contributed by atoms with Gasteiger partial charge in [0.25, 0.3) is 0 Å². The van der Waals surface area contributed by atoms with Gasteiger partial charge in [0.2, 0.25) is 11.7 Å². The number of carbonyl (C=O) groups excluding carboxylic acids is 1. The summed E-state index contributed by atoms with van der Waals surface area (Å²) in [5, 5.41) is 20.2. The molecule has 2 aromatic rings. The van der Waals surface area contributed by atoms with Crippen LogP contribution in [0, 0.1) is 11.3 Å². The molecule has 1 aromatic heterocycles. The quantitative estimate of drug-likeness (QED) is 0.792. The van der Waals surface area contributed by atoms with Gasteiger partial charge in [0.05, 0.1) is 0 Å². The number of halogens is 1. The summed E-state index contributed by atoms with van der Waals surface area (Å²) in [5.74, 6) is 0.870. The van der Waals surface area contributed by atoms with Crippen molar-refractivity contribution in [3.05, 3.63) is 24.3 Å². The van der Waals surface area contributed by atoms with E-state index in [1.54, 1.807) is 0 Å². The second-order valence-electron chi connectivity index (χ2n) is 6.17. The van der Waals surface area contributed by atoms with E-state index in [9.17, 15) is 4.79 Å². The Morgan fingerprint density at radius 3 is 2.61 bits per heavy atom. The molecule has 8 heteroatoms. The van der Waals surface area contributed by atoms with Crippen molar-refractivity contribution in [1.29, 1.82) is 0 Å². The van der Waals surface area contributed by atoms with Crippen LogP contribution in [0.3, 0.4) is 0 Å². The number of H-pyrrole nitrogens is 1. The zero-order valence-electron chi connectivity index (χ0n) is 12.6. The molecule has 7 nitrogen and oxygen atoms in total. The van der Waals surface area contributed by atoms with E-state index in [1.165, 1.54) is 0 Å². The molecule has 1 aliphatic carbocycles.